The van der Waals surface area contributed by atoms with Crippen LogP contribution in [0.25, 0.3) is 11.4 Å². The van der Waals surface area contributed by atoms with Crippen LogP contribution in [0.1, 0.15) is 101 Å². The number of halogens is 1. The van der Waals surface area contributed by atoms with Gasteiger partial charge >= 0.3 is 6.26 Å². The van der Waals surface area contributed by atoms with Crippen molar-refractivity contribution in [2.45, 2.75) is 79.1 Å². The molecule has 0 amide bonds. The first-order chi connectivity index (χ1) is 18.1. The van der Waals surface area contributed by atoms with Crippen LogP contribution in [-0.4, -0.2) is 15.4 Å². The molecule has 0 atom stereocenters. The Kier molecular flexibility index (Phi) is 8.73. The first-order valence-corrected chi connectivity index (χ1v) is 14.3. The standard InChI is InChI=1S/C33H41BClN3/c1-22(2)27-16-12-17-28(23(3)4)31(27)37-20-21-38(33(37)36-34(35)26-14-10-9-11-15-26)32-29(24(5)6)18-13-19-30(32)25(7)8/h9-25H,1-8H3. The van der Waals surface area contributed by atoms with Gasteiger partial charge in [-0.2, -0.15) is 11.5 Å². The second kappa shape index (κ2) is 11.8. The first kappa shape index (κ1) is 28.0. The Morgan fingerprint density at radius 2 is 0.921 bits per heavy atom. The molecule has 4 aromatic rings. The Morgan fingerprint density at radius 1 is 0.553 bits per heavy atom. The lowest BCUT2D eigenvalue weighted by atomic mass is 9.82. The molecule has 1 aromatic heterocycles. The van der Waals surface area contributed by atoms with Crippen molar-refractivity contribution in [3.8, 4) is 11.4 Å². The van der Waals surface area contributed by atoms with Gasteiger partial charge in [-0.1, -0.05) is 122 Å². The van der Waals surface area contributed by atoms with E-state index in [-0.39, 0.29) is 0 Å². The largest absolute Gasteiger partial charge is 0.417 e. The van der Waals surface area contributed by atoms with Crippen molar-refractivity contribution >= 4 is 23.2 Å². The summed E-state index contributed by atoms with van der Waals surface area (Å²) < 4.78 is 4.54. The van der Waals surface area contributed by atoms with Crippen molar-refractivity contribution in [2.75, 3.05) is 0 Å². The van der Waals surface area contributed by atoms with Crippen LogP contribution in [0.3, 0.4) is 0 Å². The van der Waals surface area contributed by atoms with Crippen LogP contribution in [-0.2, 0) is 0 Å². The molecule has 0 radical (unpaired) electrons. The lowest BCUT2D eigenvalue weighted by Gasteiger charge is -2.22. The molecule has 0 N–H and O–H groups in total. The lowest BCUT2D eigenvalue weighted by molar-refractivity contribution is 0.764. The zero-order valence-corrected chi connectivity index (χ0v) is 24.9. The molecule has 5 heteroatoms. The van der Waals surface area contributed by atoms with E-state index in [1.165, 1.54) is 33.6 Å². The highest BCUT2D eigenvalue weighted by molar-refractivity contribution is 7.13. The van der Waals surface area contributed by atoms with Crippen LogP contribution in [0, 0.1) is 0 Å². The van der Waals surface area contributed by atoms with Gasteiger partial charge < -0.3 is 0 Å². The van der Waals surface area contributed by atoms with Crippen molar-refractivity contribution < 1.29 is 0 Å². The molecular weight excluding hydrogens is 485 g/mol. The average molecular weight is 526 g/mol. The minimum atomic E-state index is -0.515. The number of hydrogen-bond acceptors (Lipinski definition) is 1. The van der Waals surface area contributed by atoms with Crippen molar-refractivity contribution in [3.05, 3.63) is 107 Å². The number of para-hydroxylation sites is 2. The zero-order chi connectivity index (χ0) is 27.6. The van der Waals surface area contributed by atoms with Crippen LogP contribution in [0.4, 0.5) is 0 Å². The van der Waals surface area contributed by atoms with Crippen LogP contribution in [0.2, 0.25) is 0 Å². The normalized spacial score (nSPS) is 11.7. The van der Waals surface area contributed by atoms with Gasteiger partial charge in [0.1, 0.15) is 0 Å². The molecule has 4 rings (SSSR count). The van der Waals surface area contributed by atoms with E-state index in [4.69, 9.17) is 16.4 Å². The van der Waals surface area contributed by atoms with Gasteiger partial charge in [0, 0.05) is 12.4 Å². The minimum Gasteiger partial charge on any atom is -0.286 e. The van der Waals surface area contributed by atoms with E-state index >= 15 is 0 Å². The van der Waals surface area contributed by atoms with Gasteiger partial charge in [0.05, 0.1) is 11.4 Å². The topological polar surface area (TPSA) is 22.2 Å². The van der Waals surface area contributed by atoms with Crippen LogP contribution in [0.5, 0.6) is 0 Å². The van der Waals surface area contributed by atoms with Gasteiger partial charge in [-0.15, -0.1) is 0 Å². The summed E-state index contributed by atoms with van der Waals surface area (Å²) in [4.78, 5) is 5.24. The number of nitrogens with zero attached hydrogens (tertiary/aromatic N) is 3. The van der Waals surface area contributed by atoms with Gasteiger partial charge in [0.2, 0.25) is 5.62 Å². The summed E-state index contributed by atoms with van der Waals surface area (Å²) in [6.45, 7) is 18.1. The summed E-state index contributed by atoms with van der Waals surface area (Å²) in [7, 11) is 0. The Hall–Kier alpha value is -2.98. The predicted octanol–water partition coefficient (Wildman–Crippen LogP) is 8.30. The summed E-state index contributed by atoms with van der Waals surface area (Å²) in [6.07, 6.45) is 3.82. The molecule has 38 heavy (non-hydrogen) atoms. The molecule has 0 saturated carbocycles. The molecule has 0 aliphatic heterocycles. The van der Waals surface area contributed by atoms with E-state index in [1.54, 1.807) is 0 Å². The monoisotopic (exact) mass is 525 g/mol. The molecule has 1 heterocycles. The molecule has 0 unspecified atom stereocenters. The molecule has 0 aliphatic rings. The van der Waals surface area contributed by atoms with E-state index in [2.05, 4.69) is 113 Å². The SMILES string of the molecule is CC(C)c1cccc(C(C)C)c1-n1ccn(-c2c(C(C)C)cccc2C(C)C)c1=NB(Cl)c1ccccc1. The maximum absolute atomic E-state index is 7.03. The number of rotatable bonds is 8. The molecule has 3 nitrogen and oxygen atoms in total. The van der Waals surface area contributed by atoms with E-state index in [9.17, 15) is 0 Å². The van der Waals surface area contributed by atoms with Gasteiger partial charge in [-0.05, 0) is 51.4 Å². The van der Waals surface area contributed by atoms with Crippen molar-refractivity contribution in [3.63, 3.8) is 0 Å². The Bertz CT molecular complexity index is 1310. The van der Waals surface area contributed by atoms with Crippen molar-refractivity contribution in [1.29, 1.82) is 0 Å². The summed E-state index contributed by atoms with van der Waals surface area (Å²) in [5.74, 6) is 1.45. The van der Waals surface area contributed by atoms with Crippen molar-refractivity contribution in [1.82, 2.24) is 9.13 Å². The second-order valence-electron chi connectivity index (χ2n) is 11.4. The van der Waals surface area contributed by atoms with Crippen molar-refractivity contribution in [2.24, 2.45) is 4.90 Å². The molecule has 3 aromatic carbocycles. The van der Waals surface area contributed by atoms with E-state index in [0.29, 0.717) is 23.7 Å². The maximum Gasteiger partial charge on any atom is 0.417 e. The third kappa shape index (κ3) is 5.56. The zero-order valence-electron chi connectivity index (χ0n) is 24.1. The first-order valence-electron chi connectivity index (χ1n) is 13.9. The molecule has 198 valence electrons. The van der Waals surface area contributed by atoms with Gasteiger partial charge in [-0.3, -0.25) is 14.0 Å². The van der Waals surface area contributed by atoms with Crippen LogP contribution in [0.15, 0.2) is 84.0 Å². The highest BCUT2D eigenvalue weighted by Crippen LogP contribution is 2.33. The fourth-order valence-corrected chi connectivity index (χ4v) is 5.46. The van der Waals surface area contributed by atoms with Gasteiger partial charge in [0.15, 0.2) is 0 Å². The maximum atomic E-state index is 7.03. The second-order valence-corrected chi connectivity index (χ2v) is 11.8. The highest BCUT2D eigenvalue weighted by atomic mass is 35.5. The number of imidazole rings is 1. The lowest BCUT2D eigenvalue weighted by Crippen LogP contribution is -2.33. The third-order valence-electron chi connectivity index (χ3n) is 7.27. The molecule has 0 spiro atoms. The summed E-state index contributed by atoms with van der Waals surface area (Å²) in [5.41, 5.74) is 9.46. The minimum absolute atomic E-state index is 0.363. The Balaban J connectivity index is 2.14. The molecule has 0 aliphatic carbocycles. The number of benzene rings is 3. The predicted molar refractivity (Wildman–Crippen MR) is 165 cm³/mol. The van der Waals surface area contributed by atoms with Gasteiger partial charge in [0.25, 0.3) is 0 Å². The van der Waals surface area contributed by atoms with E-state index in [1.807, 2.05) is 30.3 Å². The summed E-state index contributed by atoms with van der Waals surface area (Å²) in [5, 5.41) is 0. The summed E-state index contributed by atoms with van der Waals surface area (Å²) >= 11 is 7.03. The summed E-state index contributed by atoms with van der Waals surface area (Å²) in [6, 6.07) is 23.5. The van der Waals surface area contributed by atoms with E-state index < -0.39 is 6.26 Å². The fraction of sp³-hybridized carbons (Fsp3) is 0.364. The number of hydrogen-bond donors (Lipinski definition) is 0. The third-order valence-corrected chi connectivity index (χ3v) is 7.62. The van der Waals surface area contributed by atoms with Gasteiger partial charge in [-0.25, -0.2) is 0 Å². The molecule has 0 fully saturated rings. The Labute approximate surface area is 234 Å². The number of aromatic nitrogens is 2. The van der Waals surface area contributed by atoms with Crippen LogP contribution >= 0.6 is 11.5 Å². The molecular formula is C33H41BClN3. The smallest absolute Gasteiger partial charge is 0.286 e. The fourth-order valence-electron chi connectivity index (χ4n) is 5.22. The molecule has 0 saturated heterocycles. The average Bonchev–Trinajstić information content (AvgIpc) is 3.30. The molecule has 0 bridgehead atoms. The Morgan fingerprint density at radius 3 is 1.26 bits per heavy atom. The van der Waals surface area contributed by atoms with Crippen LogP contribution < -0.4 is 11.1 Å². The van der Waals surface area contributed by atoms with E-state index in [0.717, 1.165) is 11.1 Å². The highest BCUT2D eigenvalue weighted by Gasteiger charge is 2.22. The quantitative estimate of drug-likeness (QED) is 0.206.